The van der Waals surface area contributed by atoms with Gasteiger partial charge in [0.2, 0.25) is 5.88 Å². The summed E-state index contributed by atoms with van der Waals surface area (Å²) in [6.45, 7) is 1.13. The molecule has 0 spiro atoms. The summed E-state index contributed by atoms with van der Waals surface area (Å²) >= 11 is 5.89. The number of sulfone groups is 1. The van der Waals surface area contributed by atoms with Crippen molar-refractivity contribution in [3.05, 3.63) is 70.3 Å². The molecule has 1 amide bonds. The monoisotopic (exact) mass is 595 g/mol. The highest BCUT2D eigenvalue weighted by atomic mass is 35.5. The van der Waals surface area contributed by atoms with Crippen LogP contribution in [0.4, 0.5) is 13.2 Å². The molecule has 4 rings (SSSR count). The summed E-state index contributed by atoms with van der Waals surface area (Å²) in [7, 11) is 0.740. The highest BCUT2D eigenvalue weighted by molar-refractivity contribution is 7.90. The lowest BCUT2D eigenvalue weighted by molar-refractivity contribution is 0.0949. The maximum Gasteiger partial charge on any atom is 0.269 e. The molecule has 0 fully saturated rings. The number of nitrogens with zero attached hydrogens (tertiary/aromatic N) is 3. The molecule has 2 aromatic heterocycles. The van der Waals surface area contributed by atoms with Gasteiger partial charge in [-0.2, -0.15) is 5.10 Å². The first-order valence-corrected chi connectivity index (χ1v) is 14.0. The fraction of sp³-hybridized carbons (Fsp3) is 0.269. The highest BCUT2D eigenvalue weighted by Gasteiger charge is 2.27. The predicted molar refractivity (Wildman–Crippen MR) is 144 cm³/mol. The largest absolute Gasteiger partial charge is 0.480 e. The molecule has 4 aromatic rings. The minimum atomic E-state index is -4.27. The summed E-state index contributed by atoms with van der Waals surface area (Å²) in [4.78, 5) is 18.0. The Morgan fingerprint density at radius 2 is 1.90 bits per heavy atom. The van der Waals surface area contributed by atoms with E-state index in [1.165, 1.54) is 19.4 Å². The van der Waals surface area contributed by atoms with Crippen molar-refractivity contribution in [2.75, 3.05) is 34.3 Å². The van der Waals surface area contributed by atoms with Crippen LogP contribution < -0.4 is 10.1 Å². The molecular formula is C26H25ClF3N5O4S. The van der Waals surface area contributed by atoms with Crippen molar-refractivity contribution in [3.63, 3.8) is 0 Å². The number of nitrogens with one attached hydrogen (secondary N) is 2. The number of halogens is 4. The molecule has 0 saturated heterocycles. The van der Waals surface area contributed by atoms with Crippen LogP contribution in [0.2, 0.25) is 5.02 Å². The number of carbonyl (C=O) groups excluding carboxylic acids is 1. The Hall–Kier alpha value is -3.68. The van der Waals surface area contributed by atoms with Gasteiger partial charge in [-0.3, -0.25) is 9.89 Å². The number of aromatic amines is 1. The molecule has 0 aliphatic heterocycles. The van der Waals surface area contributed by atoms with E-state index in [1.807, 2.05) is 19.0 Å². The third kappa shape index (κ3) is 5.91. The van der Waals surface area contributed by atoms with Crippen molar-refractivity contribution in [1.29, 1.82) is 0 Å². The van der Waals surface area contributed by atoms with Crippen molar-refractivity contribution in [1.82, 2.24) is 25.4 Å². The number of pyridine rings is 1. The lowest BCUT2D eigenvalue weighted by Crippen LogP contribution is -2.27. The molecular weight excluding hydrogens is 571 g/mol. The van der Waals surface area contributed by atoms with Crippen LogP contribution >= 0.6 is 11.6 Å². The average Bonchev–Trinajstić information content (AvgIpc) is 3.34. The minimum absolute atomic E-state index is 0.00447. The summed E-state index contributed by atoms with van der Waals surface area (Å²) in [6.07, 6.45) is 1.87. The van der Waals surface area contributed by atoms with Crippen LogP contribution in [0.15, 0.2) is 41.4 Å². The number of benzene rings is 2. The molecule has 0 saturated carbocycles. The smallest absolute Gasteiger partial charge is 0.269 e. The number of amides is 1. The number of hydrogen-bond donors (Lipinski definition) is 2. The van der Waals surface area contributed by atoms with Gasteiger partial charge in [-0.15, -0.1) is 0 Å². The summed E-state index contributed by atoms with van der Waals surface area (Å²) in [5.41, 5.74) is -2.00. The van der Waals surface area contributed by atoms with Gasteiger partial charge in [-0.1, -0.05) is 23.7 Å². The quantitative estimate of drug-likeness (QED) is 0.262. The van der Waals surface area contributed by atoms with Crippen LogP contribution in [0.5, 0.6) is 5.88 Å². The van der Waals surface area contributed by atoms with Crippen LogP contribution in [-0.2, 0) is 15.6 Å². The first-order chi connectivity index (χ1) is 18.9. The average molecular weight is 596 g/mol. The van der Waals surface area contributed by atoms with E-state index in [0.717, 1.165) is 30.8 Å². The molecule has 2 N–H and O–H groups in total. The molecule has 212 valence electrons. The second kappa shape index (κ2) is 11.8. The standard InChI is InChI=1S/C26H25ClF3N5O4S/c1-35(2)10-4-9-31-25(36)24-17-7-6-16(22(30)23(17)33-34-24)20-18(28)8-5-14(21(20)29)13-40(37,38)19-11-15(27)12-32-26(19)39-3/h5-8,11-12H,4,9-10,13H2,1-3H3,(H,31,36)(H,33,34). The van der Waals surface area contributed by atoms with Gasteiger partial charge >= 0.3 is 0 Å². The number of aromatic nitrogens is 3. The fourth-order valence-electron chi connectivity index (χ4n) is 4.12. The molecule has 40 heavy (non-hydrogen) atoms. The van der Waals surface area contributed by atoms with Crippen molar-refractivity contribution in [2.24, 2.45) is 0 Å². The van der Waals surface area contributed by atoms with Crippen LogP contribution in [-0.4, -0.2) is 68.7 Å². The Balaban J connectivity index is 1.69. The predicted octanol–water partition coefficient (Wildman–Crippen LogP) is 4.36. The number of ether oxygens (including phenoxy) is 1. The topological polar surface area (TPSA) is 117 Å². The van der Waals surface area contributed by atoms with Gasteiger partial charge in [0.05, 0.1) is 23.4 Å². The zero-order valence-corrected chi connectivity index (χ0v) is 23.3. The van der Waals surface area contributed by atoms with Crippen LogP contribution in [0, 0.1) is 17.5 Å². The molecule has 14 heteroatoms. The number of methoxy groups -OCH3 is 1. The summed E-state index contributed by atoms with van der Waals surface area (Å²) in [5, 5.41) is 9.17. The van der Waals surface area contributed by atoms with Crippen LogP contribution in [0.1, 0.15) is 22.5 Å². The van der Waals surface area contributed by atoms with E-state index in [4.69, 9.17) is 16.3 Å². The number of hydrogen-bond acceptors (Lipinski definition) is 7. The lowest BCUT2D eigenvalue weighted by atomic mass is 9.99. The maximum atomic E-state index is 15.6. The van der Waals surface area contributed by atoms with Crippen molar-refractivity contribution < 1.29 is 31.1 Å². The number of rotatable bonds is 10. The second-order valence-electron chi connectivity index (χ2n) is 9.15. The molecule has 0 unspecified atom stereocenters. The molecule has 0 aliphatic carbocycles. The zero-order chi connectivity index (χ0) is 29.2. The first-order valence-electron chi connectivity index (χ1n) is 11.9. The lowest BCUT2D eigenvalue weighted by Gasteiger charge is -2.13. The minimum Gasteiger partial charge on any atom is -0.480 e. The van der Waals surface area contributed by atoms with Crippen LogP contribution in [0.3, 0.4) is 0 Å². The molecule has 0 atom stereocenters. The van der Waals surface area contributed by atoms with Gasteiger partial charge in [0.1, 0.15) is 27.7 Å². The molecule has 9 nitrogen and oxygen atoms in total. The fourth-order valence-corrected chi connectivity index (χ4v) is 5.84. The third-order valence-corrected chi connectivity index (χ3v) is 7.92. The van der Waals surface area contributed by atoms with E-state index in [9.17, 15) is 17.6 Å². The number of H-pyrrole nitrogens is 1. The highest BCUT2D eigenvalue weighted by Crippen LogP contribution is 2.35. The van der Waals surface area contributed by atoms with E-state index in [1.54, 1.807) is 0 Å². The van der Waals surface area contributed by atoms with Gasteiger partial charge in [0, 0.05) is 29.3 Å². The van der Waals surface area contributed by atoms with Gasteiger partial charge in [0.15, 0.2) is 15.7 Å². The van der Waals surface area contributed by atoms with Gasteiger partial charge < -0.3 is 15.0 Å². The number of fused-ring (bicyclic) bond motifs is 1. The van der Waals surface area contributed by atoms with Gasteiger partial charge in [-0.25, -0.2) is 26.6 Å². The van der Waals surface area contributed by atoms with E-state index in [2.05, 4.69) is 20.5 Å². The van der Waals surface area contributed by atoms with Crippen molar-refractivity contribution in [2.45, 2.75) is 17.1 Å². The zero-order valence-electron chi connectivity index (χ0n) is 21.7. The van der Waals surface area contributed by atoms with Crippen LogP contribution in [0.25, 0.3) is 22.0 Å². The molecule has 0 aliphatic rings. The normalized spacial score (nSPS) is 11.8. The van der Waals surface area contributed by atoms with Crippen molar-refractivity contribution in [3.8, 4) is 17.0 Å². The Kier molecular flexibility index (Phi) is 8.66. The molecule has 0 bridgehead atoms. The summed E-state index contributed by atoms with van der Waals surface area (Å²) < 4.78 is 77.2. The Morgan fingerprint density at radius 1 is 1.15 bits per heavy atom. The Labute approximate surface area is 233 Å². The van der Waals surface area contributed by atoms with E-state index in [0.29, 0.717) is 13.0 Å². The third-order valence-electron chi connectivity index (χ3n) is 6.06. The van der Waals surface area contributed by atoms with Gasteiger partial charge in [0.25, 0.3) is 5.91 Å². The Bertz CT molecular complexity index is 1700. The molecule has 2 aromatic carbocycles. The summed E-state index contributed by atoms with van der Waals surface area (Å²) in [5.74, 6) is -5.14. The van der Waals surface area contributed by atoms with E-state index in [-0.39, 0.29) is 32.4 Å². The number of carbonyl (C=O) groups is 1. The second-order valence-corrected chi connectivity index (χ2v) is 11.5. The molecule has 2 heterocycles. The summed E-state index contributed by atoms with van der Waals surface area (Å²) in [6, 6.07) is 5.33. The van der Waals surface area contributed by atoms with E-state index < -0.39 is 55.6 Å². The SMILES string of the molecule is COc1ncc(Cl)cc1S(=O)(=O)Cc1ccc(F)c(-c2ccc3c(C(=O)NCCCN(C)C)[nH]nc3c2F)c1F. The molecule has 0 radical (unpaired) electrons. The Morgan fingerprint density at radius 3 is 2.60 bits per heavy atom. The first kappa shape index (κ1) is 29.3. The van der Waals surface area contributed by atoms with E-state index >= 15 is 8.78 Å². The van der Waals surface area contributed by atoms with Crippen molar-refractivity contribution >= 4 is 38.2 Å². The van der Waals surface area contributed by atoms with Gasteiger partial charge in [-0.05, 0) is 45.3 Å². The maximum absolute atomic E-state index is 15.6.